The van der Waals surface area contributed by atoms with E-state index in [2.05, 4.69) is 10.6 Å². The zero-order valence-corrected chi connectivity index (χ0v) is 17.0. The van der Waals surface area contributed by atoms with E-state index in [1.54, 1.807) is 0 Å². The van der Waals surface area contributed by atoms with E-state index in [1.165, 1.54) is 18.2 Å². The standard InChI is InChI=1S/C19H18F6N2O4S/c20-14-3-1-2-12-13(14)7-16(18(12)28)27-19(29)26-15-6-11(32(21,22,23,24)25)4-5-17(15)31-10-8-30-9-10/h1-6,10,16,18,28H,7-9H2,(H2,26,27,29)/t16-,18+/m1/s1. The molecule has 32 heavy (non-hydrogen) atoms. The summed E-state index contributed by atoms with van der Waals surface area (Å²) in [5.41, 5.74) is -0.175. The van der Waals surface area contributed by atoms with Crippen molar-refractivity contribution in [3.05, 3.63) is 53.3 Å². The molecule has 0 radical (unpaired) electrons. The average Bonchev–Trinajstić information content (AvgIpc) is 2.94. The number of ether oxygens (including phenoxy) is 2. The van der Waals surface area contributed by atoms with Crippen molar-refractivity contribution in [2.75, 3.05) is 18.5 Å². The van der Waals surface area contributed by atoms with E-state index >= 15 is 0 Å². The molecule has 3 N–H and O–H groups in total. The van der Waals surface area contributed by atoms with Crippen LogP contribution < -0.4 is 15.4 Å². The number of carbonyl (C=O) groups is 1. The Bertz CT molecular complexity index is 1080. The summed E-state index contributed by atoms with van der Waals surface area (Å²) in [5.74, 6) is -0.839. The summed E-state index contributed by atoms with van der Waals surface area (Å²) in [4.78, 5) is 10.2. The van der Waals surface area contributed by atoms with Gasteiger partial charge in [0.2, 0.25) is 0 Å². The number of rotatable bonds is 5. The van der Waals surface area contributed by atoms with Crippen molar-refractivity contribution in [3.8, 4) is 5.75 Å². The summed E-state index contributed by atoms with van der Waals surface area (Å²) in [6.45, 7) is 0.292. The SMILES string of the molecule is O=C(Nc1cc(S(F)(F)(F)(F)F)ccc1OC1COC1)N[C@@H]1Cc2c(F)cccc2[C@@H]1O. The van der Waals surface area contributed by atoms with Gasteiger partial charge in [-0.2, -0.15) is 0 Å². The highest BCUT2D eigenvalue weighted by Gasteiger charge is 2.65. The lowest BCUT2D eigenvalue weighted by atomic mass is 10.1. The van der Waals surface area contributed by atoms with E-state index in [-0.39, 0.29) is 48.6 Å². The Morgan fingerprint density at radius 2 is 1.84 bits per heavy atom. The number of fused-ring (bicyclic) bond motifs is 1. The van der Waals surface area contributed by atoms with E-state index in [9.17, 15) is 33.7 Å². The van der Waals surface area contributed by atoms with Crippen molar-refractivity contribution in [2.24, 2.45) is 0 Å². The maximum Gasteiger partial charge on any atom is 0.319 e. The number of benzene rings is 2. The van der Waals surface area contributed by atoms with Crippen LogP contribution in [0.15, 0.2) is 41.3 Å². The molecule has 2 aromatic rings. The van der Waals surface area contributed by atoms with E-state index in [1.807, 2.05) is 0 Å². The number of aliphatic hydroxyl groups excluding tert-OH is 1. The van der Waals surface area contributed by atoms with Crippen molar-refractivity contribution in [2.45, 2.75) is 29.6 Å². The first-order chi connectivity index (χ1) is 14.7. The van der Waals surface area contributed by atoms with Crippen molar-refractivity contribution in [1.29, 1.82) is 0 Å². The first-order valence-corrected chi connectivity index (χ1v) is 11.3. The predicted octanol–water partition coefficient (Wildman–Crippen LogP) is 5.04. The molecule has 1 heterocycles. The van der Waals surface area contributed by atoms with Crippen LogP contribution in [-0.4, -0.2) is 36.5 Å². The predicted molar refractivity (Wildman–Crippen MR) is 104 cm³/mol. The van der Waals surface area contributed by atoms with Gasteiger partial charge in [0.05, 0.1) is 31.0 Å². The van der Waals surface area contributed by atoms with E-state index in [0.717, 1.165) is 0 Å². The number of amides is 2. The second-order valence-corrected chi connectivity index (χ2v) is 9.98. The Hall–Kier alpha value is -2.64. The summed E-state index contributed by atoms with van der Waals surface area (Å²) in [6, 6.07) is 2.95. The van der Waals surface area contributed by atoms with Gasteiger partial charge in [0.1, 0.15) is 22.6 Å². The molecule has 1 aliphatic heterocycles. The van der Waals surface area contributed by atoms with Crippen molar-refractivity contribution >= 4 is 21.9 Å². The minimum Gasteiger partial charge on any atom is -0.483 e. The van der Waals surface area contributed by atoms with Crippen LogP contribution in [0.25, 0.3) is 0 Å². The van der Waals surface area contributed by atoms with Crippen LogP contribution in [0.4, 0.5) is 34.3 Å². The number of halogens is 6. The van der Waals surface area contributed by atoms with Crippen LogP contribution in [0, 0.1) is 5.82 Å². The number of carbonyl (C=O) groups excluding carboxylic acids is 1. The summed E-state index contributed by atoms with van der Waals surface area (Å²) in [7, 11) is -10.0. The molecular formula is C19H18F6N2O4S. The highest BCUT2D eigenvalue weighted by molar-refractivity contribution is 8.45. The fourth-order valence-electron chi connectivity index (χ4n) is 3.48. The fourth-order valence-corrected chi connectivity index (χ4v) is 4.15. The highest BCUT2D eigenvalue weighted by Crippen LogP contribution is 3.02. The van der Waals surface area contributed by atoms with Crippen molar-refractivity contribution in [1.82, 2.24) is 5.32 Å². The lowest BCUT2D eigenvalue weighted by molar-refractivity contribution is -0.0794. The monoisotopic (exact) mass is 484 g/mol. The van der Waals surface area contributed by atoms with Crippen LogP contribution >= 0.6 is 10.2 Å². The maximum atomic E-state index is 13.9. The summed E-state index contributed by atoms with van der Waals surface area (Å²) >= 11 is 0. The molecule has 0 aromatic heterocycles. The molecule has 2 atom stereocenters. The molecule has 1 aliphatic carbocycles. The molecule has 176 valence electrons. The Labute approximate surface area is 178 Å². The number of nitrogens with one attached hydrogen (secondary N) is 2. The lowest BCUT2D eigenvalue weighted by Gasteiger charge is -2.40. The van der Waals surface area contributed by atoms with Gasteiger partial charge in [0, 0.05) is 0 Å². The number of hydrogen-bond acceptors (Lipinski definition) is 4. The first-order valence-electron chi connectivity index (χ1n) is 9.37. The second-order valence-electron chi connectivity index (χ2n) is 7.57. The molecule has 2 aromatic carbocycles. The van der Waals surface area contributed by atoms with Crippen LogP contribution in [0.2, 0.25) is 0 Å². The van der Waals surface area contributed by atoms with Crippen LogP contribution in [0.3, 0.4) is 0 Å². The zero-order chi connectivity index (χ0) is 23.4. The molecular weight excluding hydrogens is 466 g/mol. The third-order valence-electron chi connectivity index (χ3n) is 5.14. The van der Waals surface area contributed by atoms with Crippen molar-refractivity contribution < 1.29 is 43.2 Å². The van der Waals surface area contributed by atoms with Gasteiger partial charge < -0.3 is 25.2 Å². The van der Waals surface area contributed by atoms with Gasteiger partial charge in [-0.3, -0.25) is 0 Å². The summed E-state index contributed by atoms with van der Waals surface area (Å²) in [5, 5.41) is 14.7. The number of urea groups is 1. The number of aliphatic hydroxyl groups is 1. The molecule has 2 amide bonds. The molecule has 6 nitrogen and oxygen atoms in total. The Kier molecular flexibility index (Phi) is 4.88. The summed E-state index contributed by atoms with van der Waals surface area (Å²) in [6.07, 6.45) is -1.84. The summed E-state index contributed by atoms with van der Waals surface area (Å²) < 4.78 is 90.5. The fraction of sp³-hybridized carbons (Fsp3) is 0.316. The van der Waals surface area contributed by atoms with Crippen LogP contribution in [0.1, 0.15) is 17.2 Å². The van der Waals surface area contributed by atoms with E-state index in [0.29, 0.717) is 6.07 Å². The van der Waals surface area contributed by atoms with Crippen LogP contribution in [0.5, 0.6) is 5.75 Å². The largest absolute Gasteiger partial charge is 0.483 e. The van der Waals surface area contributed by atoms with Gasteiger partial charge in [-0.15, -0.1) is 0 Å². The molecule has 4 rings (SSSR count). The normalized spacial score (nSPS) is 22.8. The molecule has 0 unspecified atom stereocenters. The minimum atomic E-state index is -10.0. The number of anilines is 1. The number of hydrogen-bond donors (Lipinski definition) is 3. The molecule has 0 spiro atoms. The molecule has 0 saturated carbocycles. The molecule has 13 heteroatoms. The van der Waals surface area contributed by atoms with Gasteiger partial charge in [-0.05, 0) is 41.8 Å². The van der Waals surface area contributed by atoms with Crippen molar-refractivity contribution in [3.63, 3.8) is 0 Å². The van der Waals surface area contributed by atoms with Gasteiger partial charge >= 0.3 is 16.3 Å². The molecule has 1 saturated heterocycles. The zero-order valence-electron chi connectivity index (χ0n) is 16.2. The quantitative estimate of drug-likeness (QED) is 0.520. The maximum absolute atomic E-state index is 13.9. The van der Waals surface area contributed by atoms with Gasteiger partial charge in [0.25, 0.3) is 0 Å². The average molecular weight is 484 g/mol. The third kappa shape index (κ3) is 4.59. The molecule has 0 bridgehead atoms. The van der Waals surface area contributed by atoms with Gasteiger partial charge in [-0.1, -0.05) is 31.6 Å². The van der Waals surface area contributed by atoms with Gasteiger partial charge in [0.15, 0.2) is 0 Å². The van der Waals surface area contributed by atoms with E-state index < -0.39 is 50.9 Å². The molecule has 1 fully saturated rings. The third-order valence-corrected chi connectivity index (χ3v) is 6.29. The van der Waals surface area contributed by atoms with Crippen LogP contribution in [-0.2, 0) is 11.2 Å². The lowest BCUT2D eigenvalue weighted by Crippen LogP contribution is -2.41. The first kappa shape index (κ1) is 22.6. The smallest absolute Gasteiger partial charge is 0.319 e. The Morgan fingerprint density at radius 1 is 1.12 bits per heavy atom. The highest BCUT2D eigenvalue weighted by atomic mass is 32.5. The Morgan fingerprint density at radius 3 is 2.44 bits per heavy atom. The Balaban J connectivity index is 1.55. The van der Waals surface area contributed by atoms with E-state index in [4.69, 9.17) is 9.47 Å². The second kappa shape index (κ2) is 6.93. The minimum absolute atomic E-state index is 0.0646. The topological polar surface area (TPSA) is 79.8 Å². The van der Waals surface area contributed by atoms with Gasteiger partial charge in [-0.25, -0.2) is 9.18 Å². The molecule has 2 aliphatic rings.